The number of nitrogens with one attached hydrogen (secondary N) is 2. The maximum absolute atomic E-state index is 13.2. The number of carbonyl (C=O) groups excluding carboxylic acids is 1. The van der Waals surface area contributed by atoms with E-state index in [1.807, 2.05) is 0 Å². The molecule has 132 valence electrons. The lowest BCUT2D eigenvalue weighted by Crippen LogP contribution is -2.02. The number of methoxy groups -OCH3 is 1. The van der Waals surface area contributed by atoms with Gasteiger partial charge in [0.05, 0.1) is 17.7 Å². The van der Waals surface area contributed by atoms with Crippen molar-refractivity contribution < 1.29 is 13.9 Å². The molecule has 6 nitrogen and oxygen atoms in total. The zero-order chi connectivity index (χ0) is 18.5. The van der Waals surface area contributed by atoms with Crippen molar-refractivity contribution in [2.45, 2.75) is 0 Å². The summed E-state index contributed by atoms with van der Waals surface area (Å²) in [5, 5.41) is 6.12. The van der Waals surface area contributed by atoms with Gasteiger partial charge >= 0.3 is 5.97 Å². The number of halogens is 2. The summed E-state index contributed by atoms with van der Waals surface area (Å²) in [4.78, 5) is 19.9. The smallest absolute Gasteiger partial charge is 0.337 e. The number of hydrogen-bond acceptors (Lipinski definition) is 6. The third kappa shape index (κ3) is 4.25. The second-order valence-corrected chi connectivity index (χ2v) is 5.65. The predicted octanol–water partition coefficient (Wildman–Crippen LogP) is 4.54. The van der Waals surface area contributed by atoms with E-state index in [1.54, 1.807) is 36.4 Å². The van der Waals surface area contributed by atoms with Crippen LogP contribution in [0.1, 0.15) is 10.4 Å². The maximum Gasteiger partial charge on any atom is 0.337 e. The molecule has 0 aliphatic carbocycles. The first-order valence-electron chi connectivity index (χ1n) is 7.54. The lowest BCUT2D eigenvalue weighted by atomic mass is 10.2. The molecule has 1 heterocycles. The highest BCUT2D eigenvalue weighted by Gasteiger charge is 2.07. The average Bonchev–Trinajstić information content (AvgIpc) is 2.64. The van der Waals surface area contributed by atoms with E-state index in [9.17, 15) is 9.18 Å². The van der Waals surface area contributed by atoms with Gasteiger partial charge in [-0.2, -0.15) is 0 Å². The highest BCUT2D eigenvalue weighted by Crippen LogP contribution is 2.23. The fourth-order valence-electron chi connectivity index (χ4n) is 2.21. The molecule has 3 aromatic rings. The minimum atomic E-state index is -0.493. The number of esters is 1. The number of aromatic nitrogens is 2. The van der Waals surface area contributed by atoms with E-state index >= 15 is 0 Å². The lowest BCUT2D eigenvalue weighted by Gasteiger charge is -2.10. The van der Waals surface area contributed by atoms with Gasteiger partial charge in [-0.15, -0.1) is 0 Å². The Hall–Kier alpha value is -3.19. The van der Waals surface area contributed by atoms with Crippen LogP contribution >= 0.6 is 11.6 Å². The van der Waals surface area contributed by atoms with Crippen molar-refractivity contribution >= 4 is 40.6 Å². The number of anilines is 4. The molecule has 8 heteroatoms. The summed E-state index contributed by atoms with van der Waals surface area (Å²) < 4.78 is 17.9. The fraction of sp³-hybridized carbons (Fsp3) is 0.0556. The van der Waals surface area contributed by atoms with E-state index in [-0.39, 0.29) is 5.02 Å². The van der Waals surface area contributed by atoms with Crippen LogP contribution in [0.3, 0.4) is 0 Å². The Kier molecular flexibility index (Phi) is 5.28. The van der Waals surface area contributed by atoms with Gasteiger partial charge in [0.25, 0.3) is 0 Å². The molecule has 0 amide bonds. The fourth-order valence-corrected chi connectivity index (χ4v) is 2.39. The molecular weight excluding hydrogens is 359 g/mol. The Morgan fingerprint density at radius 3 is 2.38 bits per heavy atom. The van der Waals surface area contributed by atoms with Crippen LogP contribution in [0.15, 0.2) is 54.9 Å². The topological polar surface area (TPSA) is 76.1 Å². The van der Waals surface area contributed by atoms with Crippen LogP contribution in [0, 0.1) is 5.82 Å². The van der Waals surface area contributed by atoms with Gasteiger partial charge in [-0.25, -0.2) is 19.2 Å². The Labute approximate surface area is 154 Å². The Bertz CT molecular complexity index is 952. The first-order valence-corrected chi connectivity index (χ1v) is 7.92. The van der Waals surface area contributed by atoms with Gasteiger partial charge in [-0.3, -0.25) is 0 Å². The molecule has 1 aromatic heterocycles. The van der Waals surface area contributed by atoms with Crippen molar-refractivity contribution in [2.75, 3.05) is 17.7 Å². The molecule has 0 aliphatic heterocycles. The zero-order valence-electron chi connectivity index (χ0n) is 13.7. The second kappa shape index (κ2) is 7.79. The molecule has 0 saturated heterocycles. The quantitative estimate of drug-likeness (QED) is 0.640. The van der Waals surface area contributed by atoms with E-state index in [0.29, 0.717) is 28.6 Å². The summed E-state index contributed by atoms with van der Waals surface area (Å²) in [7, 11) is 1.33. The second-order valence-electron chi connectivity index (χ2n) is 5.24. The first-order chi connectivity index (χ1) is 12.5. The van der Waals surface area contributed by atoms with Gasteiger partial charge in [0.2, 0.25) is 0 Å². The number of benzene rings is 2. The van der Waals surface area contributed by atoms with Crippen molar-refractivity contribution in [2.24, 2.45) is 0 Å². The number of ether oxygens (including phenoxy) is 1. The van der Waals surface area contributed by atoms with E-state index in [2.05, 4.69) is 20.6 Å². The van der Waals surface area contributed by atoms with Gasteiger partial charge in [0.1, 0.15) is 23.8 Å². The summed E-state index contributed by atoms with van der Waals surface area (Å²) in [6, 6.07) is 12.8. The van der Waals surface area contributed by atoms with Crippen LogP contribution in [-0.2, 0) is 4.74 Å². The third-order valence-corrected chi connectivity index (χ3v) is 3.70. The summed E-state index contributed by atoms with van der Waals surface area (Å²) in [5.74, 6) is 0.0895. The number of carbonyl (C=O) groups is 1. The van der Waals surface area contributed by atoms with Crippen molar-refractivity contribution in [1.82, 2.24) is 9.97 Å². The molecule has 0 atom stereocenters. The average molecular weight is 373 g/mol. The van der Waals surface area contributed by atoms with Crippen molar-refractivity contribution in [1.29, 1.82) is 0 Å². The van der Waals surface area contributed by atoms with Gasteiger partial charge < -0.3 is 15.4 Å². The molecule has 0 radical (unpaired) electrons. The molecule has 26 heavy (non-hydrogen) atoms. The highest BCUT2D eigenvalue weighted by atomic mass is 35.5. The van der Waals surface area contributed by atoms with E-state index in [4.69, 9.17) is 16.3 Å². The Morgan fingerprint density at radius 1 is 1.04 bits per heavy atom. The van der Waals surface area contributed by atoms with Gasteiger partial charge in [0, 0.05) is 17.4 Å². The SMILES string of the molecule is COC(=O)c1cccc(Nc2cc(Nc3ccc(F)c(Cl)c3)ncn2)c1. The number of hydrogen-bond donors (Lipinski definition) is 2. The third-order valence-electron chi connectivity index (χ3n) is 3.42. The standard InChI is InChI=1S/C18H14ClFN4O2/c1-26-18(25)11-3-2-4-12(7-11)23-16-9-17(22-10-21-16)24-13-5-6-15(20)14(19)8-13/h2-10H,1H3,(H2,21,22,23,24). The van der Waals surface area contributed by atoms with Crippen LogP contribution in [-0.4, -0.2) is 23.0 Å². The number of nitrogens with zero attached hydrogens (tertiary/aromatic N) is 2. The van der Waals surface area contributed by atoms with Crippen molar-refractivity contribution in [3.63, 3.8) is 0 Å². The molecule has 0 aliphatic rings. The van der Waals surface area contributed by atoms with Crippen LogP contribution in [0.4, 0.5) is 27.4 Å². The molecule has 0 unspecified atom stereocenters. The molecule has 0 bridgehead atoms. The van der Waals surface area contributed by atoms with Crippen LogP contribution in [0.5, 0.6) is 0 Å². The highest BCUT2D eigenvalue weighted by molar-refractivity contribution is 6.31. The molecule has 3 rings (SSSR count). The summed E-state index contributed by atoms with van der Waals surface area (Å²) in [5.41, 5.74) is 1.68. The summed E-state index contributed by atoms with van der Waals surface area (Å²) in [6.45, 7) is 0. The molecule has 0 spiro atoms. The van der Waals surface area contributed by atoms with Crippen molar-refractivity contribution in [3.8, 4) is 0 Å². The van der Waals surface area contributed by atoms with Crippen molar-refractivity contribution in [3.05, 3.63) is 71.3 Å². The normalized spacial score (nSPS) is 10.3. The van der Waals surface area contributed by atoms with E-state index in [1.165, 1.54) is 25.6 Å². The van der Waals surface area contributed by atoms with Crippen LogP contribution in [0.25, 0.3) is 0 Å². The zero-order valence-corrected chi connectivity index (χ0v) is 14.4. The minimum absolute atomic E-state index is 0.0158. The Balaban J connectivity index is 1.77. The predicted molar refractivity (Wildman–Crippen MR) is 97.8 cm³/mol. The summed E-state index contributed by atoms with van der Waals surface area (Å²) >= 11 is 5.77. The van der Waals surface area contributed by atoms with Gasteiger partial charge in [-0.1, -0.05) is 17.7 Å². The molecule has 2 N–H and O–H groups in total. The Morgan fingerprint density at radius 2 is 1.73 bits per heavy atom. The largest absolute Gasteiger partial charge is 0.465 e. The van der Waals surface area contributed by atoms with Crippen LogP contribution in [0.2, 0.25) is 5.02 Å². The summed E-state index contributed by atoms with van der Waals surface area (Å²) in [6.07, 6.45) is 1.37. The monoisotopic (exact) mass is 372 g/mol. The molecule has 0 saturated carbocycles. The van der Waals surface area contributed by atoms with Gasteiger partial charge in [0.15, 0.2) is 0 Å². The molecule has 2 aromatic carbocycles. The van der Waals surface area contributed by atoms with E-state index in [0.717, 1.165) is 0 Å². The van der Waals surface area contributed by atoms with Gasteiger partial charge in [-0.05, 0) is 36.4 Å². The molecular formula is C18H14ClFN4O2. The minimum Gasteiger partial charge on any atom is -0.465 e. The number of rotatable bonds is 5. The maximum atomic E-state index is 13.2. The molecule has 0 fully saturated rings. The lowest BCUT2D eigenvalue weighted by molar-refractivity contribution is 0.0601. The van der Waals surface area contributed by atoms with Crippen LogP contribution < -0.4 is 10.6 Å². The first kappa shape index (κ1) is 17.6. The van der Waals surface area contributed by atoms with E-state index < -0.39 is 11.8 Å².